The van der Waals surface area contributed by atoms with Crippen LogP contribution in [-0.4, -0.2) is 18.1 Å². The maximum Gasteiger partial charge on any atom is 0.326 e. The van der Waals surface area contributed by atoms with Gasteiger partial charge in [-0.25, -0.2) is 0 Å². The fourth-order valence-electron chi connectivity index (χ4n) is 2.82. The van der Waals surface area contributed by atoms with Crippen LogP contribution in [0.1, 0.15) is 78.1 Å². The molecule has 0 saturated heterocycles. The molecule has 0 aromatic rings. The molecule has 0 aromatic carbocycles. The Morgan fingerprint density at radius 3 is 2.37 bits per heavy atom. The first-order valence-electron chi connectivity index (χ1n) is 8.08. The molecule has 0 bridgehead atoms. The van der Waals surface area contributed by atoms with Gasteiger partial charge in [-0.2, -0.15) is 0 Å². The molecule has 1 rings (SSSR count). The number of rotatable bonds is 8. The summed E-state index contributed by atoms with van der Waals surface area (Å²) in [7, 11) is 0. The van der Waals surface area contributed by atoms with Crippen LogP contribution in [0.3, 0.4) is 0 Å². The lowest BCUT2D eigenvalue weighted by atomic mass is 9.76. The minimum absolute atomic E-state index is 0.169. The second-order valence-corrected chi connectivity index (χ2v) is 6.06. The zero-order chi connectivity index (χ0) is 14.1. The van der Waals surface area contributed by atoms with E-state index in [0.29, 0.717) is 6.61 Å². The molecule has 0 atom stereocenters. The van der Waals surface area contributed by atoms with Gasteiger partial charge in [-0.3, -0.25) is 4.79 Å². The summed E-state index contributed by atoms with van der Waals surface area (Å²) in [6, 6.07) is 0. The van der Waals surface area contributed by atoms with Crippen LogP contribution in [0.4, 0.5) is 0 Å². The quantitative estimate of drug-likeness (QED) is 0.538. The molecule has 3 heteroatoms. The number of unbranched alkanes of at least 4 members (excludes halogenated alkanes) is 4. The van der Waals surface area contributed by atoms with Gasteiger partial charge in [0.25, 0.3) is 0 Å². The van der Waals surface area contributed by atoms with Crippen LogP contribution < -0.4 is 5.73 Å². The smallest absolute Gasteiger partial charge is 0.326 e. The molecule has 3 nitrogen and oxygen atoms in total. The summed E-state index contributed by atoms with van der Waals surface area (Å²) < 4.78 is 5.37. The van der Waals surface area contributed by atoms with Crippen LogP contribution in [0.5, 0.6) is 0 Å². The molecule has 112 valence electrons. The molecule has 2 N–H and O–H groups in total. The first kappa shape index (κ1) is 16.5. The van der Waals surface area contributed by atoms with Gasteiger partial charge in [-0.05, 0) is 38.0 Å². The number of nitrogens with two attached hydrogens (primary N) is 1. The van der Waals surface area contributed by atoms with Crippen LogP contribution >= 0.6 is 0 Å². The SMILES string of the molecule is CCCCCCCOC(=O)C1(N)CCC(CC)CC1. The van der Waals surface area contributed by atoms with Crippen LogP contribution in [0.2, 0.25) is 0 Å². The van der Waals surface area contributed by atoms with Crippen molar-refractivity contribution in [1.82, 2.24) is 0 Å². The van der Waals surface area contributed by atoms with Crippen LogP contribution in [0.15, 0.2) is 0 Å². The third kappa shape index (κ3) is 5.52. The highest BCUT2D eigenvalue weighted by Crippen LogP contribution is 2.32. The predicted octanol–water partition coefficient (Wildman–Crippen LogP) is 3.80. The van der Waals surface area contributed by atoms with Crippen molar-refractivity contribution in [2.75, 3.05) is 6.61 Å². The van der Waals surface area contributed by atoms with E-state index >= 15 is 0 Å². The van der Waals surface area contributed by atoms with Crippen molar-refractivity contribution in [3.63, 3.8) is 0 Å². The summed E-state index contributed by atoms with van der Waals surface area (Å²) in [5.41, 5.74) is 5.51. The van der Waals surface area contributed by atoms with Crippen molar-refractivity contribution in [2.45, 2.75) is 83.6 Å². The van der Waals surface area contributed by atoms with Gasteiger partial charge in [0.1, 0.15) is 5.54 Å². The van der Waals surface area contributed by atoms with Crippen LogP contribution in [0.25, 0.3) is 0 Å². The van der Waals surface area contributed by atoms with E-state index in [2.05, 4.69) is 13.8 Å². The predicted molar refractivity (Wildman–Crippen MR) is 78.9 cm³/mol. The molecule has 0 heterocycles. The van der Waals surface area contributed by atoms with Gasteiger partial charge in [0, 0.05) is 0 Å². The Balaban J connectivity index is 2.18. The molecule has 0 unspecified atom stereocenters. The van der Waals surface area contributed by atoms with Gasteiger partial charge in [-0.1, -0.05) is 46.0 Å². The standard InChI is InChI=1S/C16H31NO2/c1-3-5-6-7-8-13-19-15(18)16(17)11-9-14(4-2)10-12-16/h14H,3-13,17H2,1-2H3. The van der Waals surface area contributed by atoms with E-state index < -0.39 is 5.54 Å². The molecular weight excluding hydrogens is 238 g/mol. The van der Waals surface area contributed by atoms with Crippen molar-refractivity contribution >= 4 is 5.97 Å². The van der Waals surface area contributed by atoms with Gasteiger partial charge in [0.05, 0.1) is 6.61 Å². The van der Waals surface area contributed by atoms with Crippen LogP contribution in [-0.2, 0) is 9.53 Å². The van der Waals surface area contributed by atoms with Gasteiger partial charge in [0.2, 0.25) is 0 Å². The van der Waals surface area contributed by atoms with Gasteiger partial charge < -0.3 is 10.5 Å². The molecule has 1 aliphatic rings. The number of carbonyl (C=O) groups is 1. The molecule has 1 saturated carbocycles. The molecule has 0 aromatic heterocycles. The highest BCUT2D eigenvalue weighted by atomic mass is 16.5. The van der Waals surface area contributed by atoms with E-state index in [9.17, 15) is 4.79 Å². The van der Waals surface area contributed by atoms with E-state index in [1.54, 1.807) is 0 Å². The normalized spacial score (nSPS) is 27.2. The summed E-state index contributed by atoms with van der Waals surface area (Å²) in [4.78, 5) is 12.1. The number of hydrogen-bond acceptors (Lipinski definition) is 3. The molecule has 0 radical (unpaired) electrons. The zero-order valence-electron chi connectivity index (χ0n) is 12.7. The minimum Gasteiger partial charge on any atom is -0.464 e. The Hall–Kier alpha value is -0.570. The van der Waals surface area contributed by atoms with Gasteiger partial charge >= 0.3 is 5.97 Å². The monoisotopic (exact) mass is 269 g/mol. The van der Waals surface area contributed by atoms with Crippen LogP contribution in [0, 0.1) is 5.92 Å². The molecule has 1 aliphatic carbocycles. The minimum atomic E-state index is -0.699. The van der Waals surface area contributed by atoms with E-state index in [1.165, 1.54) is 25.7 Å². The maximum atomic E-state index is 12.1. The molecule has 0 spiro atoms. The Morgan fingerprint density at radius 1 is 1.16 bits per heavy atom. The molecule has 19 heavy (non-hydrogen) atoms. The maximum absolute atomic E-state index is 12.1. The van der Waals surface area contributed by atoms with Crippen molar-refractivity contribution in [1.29, 1.82) is 0 Å². The number of hydrogen-bond donors (Lipinski definition) is 1. The fourth-order valence-corrected chi connectivity index (χ4v) is 2.82. The largest absolute Gasteiger partial charge is 0.464 e. The summed E-state index contributed by atoms with van der Waals surface area (Å²) in [6.45, 7) is 4.95. The lowest BCUT2D eigenvalue weighted by Gasteiger charge is -2.34. The second-order valence-electron chi connectivity index (χ2n) is 6.06. The summed E-state index contributed by atoms with van der Waals surface area (Å²) in [6.07, 6.45) is 10.8. The molecule has 0 amide bonds. The van der Waals surface area contributed by atoms with Crippen molar-refractivity contribution < 1.29 is 9.53 Å². The highest BCUT2D eigenvalue weighted by molar-refractivity contribution is 5.80. The summed E-state index contributed by atoms with van der Waals surface area (Å²) in [5, 5.41) is 0. The van der Waals surface area contributed by atoms with E-state index in [4.69, 9.17) is 10.5 Å². The summed E-state index contributed by atoms with van der Waals surface area (Å²) in [5.74, 6) is 0.580. The highest BCUT2D eigenvalue weighted by Gasteiger charge is 2.39. The number of carbonyl (C=O) groups excluding carboxylic acids is 1. The Morgan fingerprint density at radius 2 is 1.79 bits per heavy atom. The van der Waals surface area contributed by atoms with E-state index in [-0.39, 0.29) is 5.97 Å². The molecular formula is C16H31NO2. The molecule has 1 fully saturated rings. The fraction of sp³-hybridized carbons (Fsp3) is 0.938. The summed E-state index contributed by atoms with van der Waals surface area (Å²) >= 11 is 0. The Labute approximate surface area is 118 Å². The van der Waals surface area contributed by atoms with Gasteiger partial charge in [-0.15, -0.1) is 0 Å². The topological polar surface area (TPSA) is 52.3 Å². The lowest BCUT2D eigenvalue weighted by molar-refractivity contribution is -0.152. The van der Waals surface area contributed by atoms with Crippen molar-refractivity contribution in [3.8, 4) is 0 Å². The third-order valence-electron chi connectivity index (χ3n) is 4.46. The average Bonchev–Trinajstić information content (AvgIpc) is 2.43. The Kier molecular flexibility index (Phi) is 7.44. The first-order valence-corrected chi connectivity index (χ1v) is 8.08. The Bertz CT molecular complexity index is 257. The number of ether oxygens (including phenoxy) is 1. The van der Waals surface area contributed by atoms with E-state index in [0.717, 1.165) is 44.4 Å². The first-order chi connectivity index (χ1) is 9.12. The van der Waals surface area contributed by atoms with Crippen molar-refractivity contribution in [3.05, 3.63) is 0 Å². The third-order valence-corrected chi connectivity index (χ3v) is 4.46. The second kappa shape index (κ2) is 8.57. The van der Waals surface area contributed by atoms with Gasteiger partial charge in [0.15, 0.2) is 0 Å². The van der Waals surface area contributed by atoms with E-state index in [1.807, 2.05) is 0 Å². The molecule has 0 aliphatic heterocycles. The number of esters is 1. The van der Waals surface area contributed by atoms with Crippen molar-refractivity contribution in [2.24, 2.45) is 11.7 Å². The lowest BCUT2D eigenvalue weighted by Crippen LogP contribution is -2.51. The zero-order valence-corrected chi connectivity index (χ0v) is 12.7. The average molecular weight is 269 g/mol.